The maximum absolute atomic E-state index is 13.2. The van der Waals surface area contributed by atoms with Gasteiger partial charge in [0.25, 0.3) is 11.8 Å². The molecule has 1 saturated carbocycles. The van der Waals surface area contributed by atoms with Crippen LogP contribution < -0.4 is 15.5 Å². The Morgan fingerprint density at radius 2 is 1.91 bits per heavy atom. The highest BCUT2D eigenvalue weighted by Crippen LogP contribution is 2.32. The number of carbonyl (C=O) groups excluding carboxylic acids is 2. The van der Waals surface area contributed by atoms with E-state index in [9.17, 15) is 23.9 Å². The second-order valence-corrected chi connectivity index (χ2v) is 9.89. The molecule has 14 heteroatoms. The molecule has 0 radical (unpaired) electrons. The molecule has 0 spiro atoms. The molecule has 1 saturated heterocycles. The number of hydrogen-bond donors (Lipinski definition) is 4. The summed E-state index contributed by atoms with van der Waals surface area (Å²) in [5, 5.41) is 15.6. The molecule has 34 heavy (non-hydrogen) atoms. The lowest BCUT2D eigenvalue weighted by atomic mass is 10.0. The Labute approximate surface area is 207 Å². The first kappa shape index (κ1) is 24.7. The largest absolute Gasteiger partial charge is 0.477 e. The van der Waals surface area contributed by atoms with Gasteiger partial charge in [-0.2, -0.15) is 0 Å². The van der Waals surface area contributed by atoms with E-state index in [2.05, 4.69) is 20.6 Å². The number of anilines is 1. The summed E-state index contributed by atoms with van der Waals surface area (Å²) in [7, 11) is 1.50. The van der Waals surface area contributed by atoms with Crippen LogP contribution >= 0.6 is 34.5 Å². The third kappa shape index (κ3) is 4.85. The summed E-state index contributed by atoms with van der Waals surface area (Å²) in [6, 6.07) is -0.964. The van der Waals surface area contributed by atoms with E-state index in [4.69, 9.17) is 27.9 Å². The molecule has 2 aromatic rings. The van der Waals surface area contributed by atoms with Gasteiger partial charge in [0.15, 0.2) is 10.8 Å². The standard InChI is InChI=1S/C20H22Cl2FN5O5S/c1-7-12(21)13(22)14(24-7)17(29)25-9-3-4-28(6-11(9)33-2)20-27-15(16(34-20)19(31)32)18(30)26-10-5-8(10)23/h8-11,24H,3-6H2,1-2H3,(H,25,29)(H,26,30)(H,31,32)/t8-,9+,10+,11-/m0/s1. The van der Waals surface area contributed by atoms with Crippen LogP contribution in [0, 0.1) is 6.92 Å². The Balaban J connectivity index is 1.46. The van der Waals surface area contributed by atoms with E-state index in [1.54, 1.807) is 11.8 Å². The van der Waals surface area contributed by atoms with Crippen molar-refractivity contribution in [3.8, 4) is 0 Å². The number of aromatic nitrogens is 2. The number of rotatable bonds is 7. The van der Waals surface area contributed by atoms with Gasteiger partial charge in [-0.15, -0.1) is 0 Å². The number of carbonyl (C=O) groups is 3. The maximum atomic E-state index is 13.2. The molecule has 2 aliphatic rings. The highest BCUT2D eigenvalue weighted by Gasteiger charge is 2.40. The number of nitrogens with zero attached hydrogens (tertiary/aromatic N) is 2. The predicted molar refractivity (Wildman–Crippen MR) is 124 cm³/mol. The van der Waals surface area contributed by atoms with Gasteiger partial charge in [0.05, 0.1) is 28.2 Å². The van der Waals surface area contributed by atoms with Crippen LogP contribution in [0.15, 0.2) is 0 Å². The molecule has 2 aromatic heterocycles. The van der Waals surface area contributed by atoms with Crippen molar-refractivity contribution in [1.82, 2.24) is 20.6 Å². The van der Waals surface area contributed by atoms with E-state index < -0.39 is 36.1 Å². The Kier molecular flexibility index (Phi) is 7.04. The first-order chi connectivity index (χ1) is 16.1. The maximum Gasteiger partial charge on any atom is 0.348 e. The summed E-state index contributed by atoms with van der Waals surface area (Å²) in [4.78, 5) is 45.5. The number of hydrogen-bond acceptors (Lipinski definition) is 7. The van der Waals surface area contributed by atoms with Crippen molar-refractivity contribution in [2.45, 2.75) is 44.1 Å². The van der Waals surface area contributed by atoms with Gasteiger partial charge < -0.3 is 30.4 Å². The summed E-state index contributed by atoms with van der Waals surface area (Å²) >= 11 is 13.1. The van der Waals surface area contributed by atoms with E-state index in [0.717, 1.165) is 11.3 Å². The van der Waals surface area contributed by atoms with Crippen LogP contribution in [-0.4, -0.2) is 77.4 Å². The molecule has 1 aliphatic heterocycles. The van der Waals surface area contributed by atoms with E-state index in [-0.39, 0.29) is 38.8 Å². The molecule has 1 aliphatic carbocycles. The molecule has 10 nitrogen and oxygen atoms in total. The number of ether oxygens (including phenoxy) is 1. The molecule has 184 valence electrons. The minimum Gasteiger partial charge on any atom is -0.477 e. The molecule has 4 N–H and O–H groups in total. The third-order valence-corrected chi connectivity index (χ3v) is 7.84. The Morgan fingerprint density at radius 3 is 2.47 bits per heavy atom. The molecule has 4 atom stereocenters. The second kappa shape index (κ2) is 9.68. The number of carboxylic acid groups (broad SMARTS) is 1. The summed E-state index contributed by atoms with van der Waals surface area (Å²) in [6.45, 7) is 2.42. The van der Waals surface area contributed by atoms with Crippen molar-refractivity contribution in [2.75, 3.05) is 25.1 Å². The number of alkyl halides is 1. The van der Waals surface area contributed by atoms with Gasteiger partial charge in [-0.05, 0) is 13.3 Å². The number of aromatic amines is 1. The average molecular weight is 534 g/mol. The molecule has 0 bridgehead atoms. The Hall–Kier alpha value is -2.41. The van der Waals surface area contributed by atoms with Crippen LogP contribution in [-0.2, 0) is 4.74 Å². The van der Waals surface area contributed by atoms with Crippen molar-refractivity contribution < 1.29 is 28.6 Å². The fraction of sp³-hybridized carbons (Fsp3) is 0.500. The minimum absolute atomic E-state index is 0.142. The van der Waals surface area contributed by atoms with Crippen LogP contribution in [0.3, 0.4) is 0 Å². The zero-order valence-corrected chi connectivity index (χ0v) is 20.5. The van der Waals surface area contributed by atoms with Gasteiger partial charge in [0, 0.05) is 32.3 Å². The fourth-order valence-corrected chi connectivity index (χ4v) is 5.11. The molecule has 3 heterocycles. The number of aromatic carboxylic acids is 1. The average Bonchev–Trinajstić information content (AvgIpc) is 3.20. The molecular weight excluding hydrogens is 512 g/mol. The zero-order chi connectivity index (χ0) is 24.7. The quantitative estimate of drug-likeness (QED) is 0.429. The first-order valence-electron chi connectivity index (χ1n) is 10.4. The smallest absolute Gasteiger partial charge is 0.348 e. The Morgan fingerprint density at radius 1 is 1.24 bits per heavy atom. The van der Waals surface area contributed by atoms with Crippen LogP contribution in [0.25, 0.3) is 0 Å². The lowest BCUT2D eigenvalue weighted by Gasteiger charge is -2.37. The van der Waals surface area contributed by atoms with E-state index >= 15 is 0 Å². The number of nitrogens with one attached hydrogen (secondary N) is 3. The summed E-state index contributed by atoms with van der Waals surface area (Å²) in [5.74, 6) is -2.43. The lowest BCUT2D eigenvalue weighted by Crippen LogP contribution is -2.55. The van der Waals surface area contributed by atoms with Crippen molar-refractivity contribution in [3.63, 3.8) is 0 Å². The normalized spacial score (nSPS) is 24.1. The molecule has 2 amide bonds. The fourth-order valence-electron chi connectivity index (χ4n) is 3.76. The highest BCUT2D eigenvalue weighted by atomic mass is 35.5. The van der Waals surface area contributed by atoms with Crippen molar-refractivity contribution >= 4 is 57.5 Å². The number of amides is 2. The van der Waals surface area contributed by atoms with E-state index in [1.807, 2.05) is 0 Å². The van der Waals surface area contributed by atoms with Gasteiger partial charge in [-0.3, -0.25) is 9.59 Å². The number of thiazole rings is 1. The Bertz CT molecular complexity index is 1140. The van der Waals surface area contributed by atoms with Gasteiger partial charge in [-0.25, -0.2) is 14.2 Å². The van der Waals surface area contributed by atoms with Crippen LogP contribution in [0.1, 0.15) is 49.2 Å². The lowest BCUT2D eigenvalue weighted by molar-refractivity contribution is 0.0540. The third-order valence-electron chi connectivity index (χ3n) is 5.78. The number of carboxylic acids is 1. The van der Waals surface area contributed by atoms with Crippen LogP contribution in [0.5, 0.6) is 0 Å². The predicted octanol–water partition coefficient (Wildman–Crippen LogP) is 2.65. The van der Waals surface area contributed by atoms with Gasteiger partial charge in [0.2, 0.25) is 0 Å². The van der Waals surface area contributed by atoms with Gasteiger partial charge in [-0.1, -0.05) is 34.5 Å². The van der Waals surface area contributed by atoms with Gasteiger partial charge in [0.1, 0.15) is 16.7 Å². The molecule has 0 aromatic carbocycles. The second-order valence-electron chi connectivity index (χ2n) is 8.15. The molecule has 2 fully saturated rings. The zero-order valence-electron chi connectivity index (χ0n) is 18.2. The number of H-pyrrole nitrogens is 1. The number of piperidine rings is 1. The molecular formula is C20H22Cl2FN5O5S. The minimum atomic E-state index is -1.29. The summed E-state index contributed by atoms with van der Waals surface area (Å²) in [6.07, 6.45) is -0.895. The monoisotopic (exact) mass is 533 g/mol. The van der Waals surface area contributed by atoms with Crippen molar-refractivity contribution in [3.05, 3.63) is 32.0 Å². The van der Waals surface area contributed by atoms with Crippen molar-refractivity contribution in [2.24, 2.45) is 0 Å². The topological polar surface area (TPSA) is 137 Å². The summed E-state index contributed by atoms with van der Waals surface area (Å²) < 4.78 is 18.7. The molecule has 0 unspecified atom stereocenters. The highest BCUT2D eigenvalue weighted by molar-refractivity contribution is 7.17. The van der Waals surface area contributed by atoms with Gasteiger partial charge >= 0.3 is 5.97 Å². The van der Waals surface area contributed by atoms with Crippen molar-refractivity contribution in [1.29, 1.82) is 0 Å². The first-order valence-corrected chi connectivity index (χ1v) is 12.0. The van der Waals surface area contributed by atoms with E-state index in [1.165, 1.54) is 7.11 Å². The van der Waals surface area contributed by atoms with Crippen LogP contribution in [0.2, 0.25) is 10.0 Å². The van der Waals surface area contributed by atoms with Crippen LogP contribution in [0.4, 0.5) is 9.52 Å². The summed E-state index contributed by atoms with van der Waals surface area (Å²) in [5.41, 5.74) is 0.496. The number of methoxy groups -OCH3 is 1. The number of halogens is 3. The van der Waals surface area contributed by atoms with E-state index in [0.29, 0.717) is 30.3 Å². The number of aryl methyl sites for hydroxylation is 1. The molecule has 4 rings (SSSR count). The SMILES string of the molecule is CO[C@H]1CN(c2nc(C(=O)N[C@@H]3C[C@@H]3F)c(C(=O)O)s2)CC[C@H]1NC(=O)c1[nH]c(C)c(Cl)c1Cl.